The van der Waals surface area contributed by atoms with Gasteiger partial charge < -0.3 is 24.8 Å². The molecule has 0 saturated carbocycles. The van der Waals surface area contributed by atoms with Gasteiger partial charge in [-0.05, 0) is 19.2 Å². The molecule has 1 aromatic heterocycles. The van der Waals surface area contributed by atoms with Gasteiger partial charge in [-0.1, -0.05) is 13.8 Å². The van der Waals surface area contributed by atoms with Crippen molar-refractivity contribution >= 4 is 29.8 Å². The maximum atomic E-state index is 11.9. The zero-order valence-electron chi connectivity index (χ0n) is 17.3. The monoisotopic (exact) mass is 403 g/mol. The van der Waals surface area contributed by atoms with Crippen LogP contribution in [0.15, 0.2) is 11.8 Å². The first kappa shape index (κ1) is 21.0. The van der Waals surface area contributed by atoms with Crippen molar-refractivity contribution in [3.8, 4) is 0 Å². The first-order valence-corrected chi connectivity index (χ1v) is 9.99. The maximum Gasteiger partial charge on any atom is 0.326 e. The highest BCUT2D eigenvalue weighted by atomic mass is 16.5. The summed E-state index contributed by atoms with van der Waals surface area (Å²) in [6.45, 7) is 10.7. The minimum absolute atomic E-state index is 0.179. The molecule has 1 aromatic rings. The molecule has 0 radical (unpaired) electrons. The summed E-state index contributed by atoms with van der Waals surface area (Å²) >= 11 is 0. The average molecular weight is 403 g/mol. The molecule has 2 aliphatic heterocycles. The van der Waals surface area contributed by atoms with Gasteiger partial charge in [0.15, 0.2) is 0 Å². The van der Waals surface area contributed by atoms with E-state index >= 15 is 0 Å². The normalized spacial score (nSPS) is 18.3. The third kappa shape index (κ3) is 5.42. The zero-order chi connectivity index (χ0) is 20.8. The number of nitrogens with zero attached hydrogens (tertiary/aromatic N) is 5. The van der Waals surface area contributed by atoms with Gasteiger partial charge in [0, 0.05) is 39.3 Å². The summed E-state index contributed by atoms with van der Waals surface area (Å²) in [5.41, 5.74) is 0.747. The third-order valence-corrected chi connectivity index (χ3v) is 5.06. The standard InChI is InChI=1S/C19H29N7O3/c1-4-25(5-2)7-6-24(3)18-20-14(12-15-17(27)23-19(28)21-15)13-16(22-18)26-8-10-29-11-9-26/h12-13H,4-11H2,1-3H3,(H2,21,23,27,28)/b15-12-. The van der Waals surface area contributed by atoms with Crippen LogP contribution < -0.4 is 20.4 Å². The Morgan fingerprint density at radius 3 is 2.48 bits per heavy atom. The third-order valence-electron chi connectivity index (χ3n) is 5.06. The molecular weight excluding hydrogens is 374 g/mol. The van der Waals surface area contributed by atoms with Crippen LogP contribution in [0, 0.1) is 0 Å². The summed E-state index contributed by atoms with van der Waals surface area (Å²) in [6.07, 6.45) is 1.58. The Morgan fingerprint density at radius 1 is 1.14 bits per heavy atom. The zero-order valence-corrected chi connectivity index (χ0v) is 17.3. The molecule has 158 valence electrons. The van der Waals surface area contributed by atoms with Gasteiger partial charge in [-0.3, -0.25) is 10.1 Å². The lowest BCUT2D eigenvalue weighted by molar-refractivity contribution is -0.115. The number of carbonyl (C=O) groups is 2. The van der Waals surface area contributed by atoms with Gasteiger partial charge in [0.05, 0.1) is 18.9 Å². The molecule has 0 unspecified atom stereocenters. The van der Waals surface area contributed by atoms with Crippen molar-refractivity contribution < 1.29 is 14.3 Å². The van der Waals surface area contributed by atoms with Gasteiger partial charge in [0.25, 0.3) is 5.91 Å². The van der Waals surface area contributed by atoms with E-state index in [9.17, 15) is 9.59 Å². The minimum atomic E-state index is -0.528. The van der Waals surface area contributed by atoms with E-state index in [1.807, 2.05) is 18.0 Å². The number of likely N-dealkylation sites (N-methyl/N-ethyl adjacent to an activating group) is 2. The van der Waals surface area contributed by atoms with E-state index in [2.05, 4.69) is 39.3 Å². The van der Waals surface area contributed by atoms with Gasteiger partial charge in [-0.15, -0.1) is 0 Å². The Kier molecular flexibility index (Phi) is 6.99. The lowest BCUT2D eigenvalue weighted by atomic mass is 10.3. The second-order valence-electron chi connectivity index (χ2n) is 6.97. The smallest absolute Gasteiger partial charge is 0.326 e. The number of hydrogen-bond acceptors (Lipinski definition) is 8. The Hall–Kier alpha value is -2.72. The number of anilines is 2. The van der Waals surface area contributed by atoms with E-state index in [0.717, 1.165) is 45.1 Å². The molecule has 2 saturated heterocycles. The van der Waals surface area contributed by atoms with Crippen LogP contribution in [0.2, 0.25) is 0 Å². The molecule has 0 aliphatic carbocycles. The Labute approximate surface area is 170 Å². The van der Waals surface area contributed by atoms with E-state index in [0.29, 0.717) is 24.9 Å². The topological polar surface area (TPSA) is 103 Å². The number of imide groups is 1. The quantitative estimate of drug-likeness (QED) is 0.471. The summed E-state index contributed by atoms with van der Waals surface area (Å²) in [4.78, 5) is 39.1. The molecule has 29 heavy (non-hydrogen) atoms. The lowest BCUT2D eigenvalue weighted by Crippen LogP contribution is -2.37. The van der Waals surface area contributed by atoms with Gasteiger partial charge in [-0.25, -0.2) is 9.78 Å². The summed E-state index contributed by atoms with van der Waals surface area (Å²) in [6, 6.07) is 1.30. The molecule has 3 rings (SSSR count). The summed E-state index contributed by atoms with van der Waals surface area (Å²) in [5, 5.41) is 4.71. The summed E-state index contributed by atoms with van der Waals surface area (Å²) < 4.78 is 5.44. The van der Waals surface area contributed by atoms with Crippen molar-refractivity contribution in [2.24, 2.45) is 0 Å². The van der Waals surface area contributed by atoms with Gasteiger partial charge in [0.1, 0.15) is 11.5 Å². The van der Waals surface area contributed by atoms with Crippen molar-refractivity contribution in [2.45, 2.75) is 13.8 Å². The Bertz CT molecular complexity index is 773. The lowest BCUT2D eigenvalue weighted by Gasteiger charge is -2.29. The van der Waals surface area contributed by atoms with Crippen molar-refractivity contribution in [1.82, 2.24) is 25.5 Å². The summed E-state index contributed by atoms with van der Waals surface area (Å²) in [7, 11) is 1.96. The van der Waals surface area contributed by atoms with Crippen molar-refractivity contribution in [1.29, 1.82) is 0 Å². The molecule has 2 aliphatic rings. The van der Waals surface area contributed by atoms with Crippen molar-refractivity contribution in [2.75, 3.05) is 69.3 Å². The molecule has 2 N–H and O–H groups in total. The highest BCUT2D eigenvalue weighted by molar-refractivity contribution is 6.13. The number of ether oxygens (including phenoxy) is 1. The van der Waals surface area contributed by atoms with Crippen LogP contribution in [-0.4, -0.2) is 86.3 Å². The maximum absolute atomic E-state index is 11.9. The second-order valence-corrected chi connectivity index (χ2v) is 6.97. The SMILES string of the molecule is CCN(CC)CCN(C)c1nc(/C=C2\NC(=O)NC2=O)cc(N2CCOCC2)n1. The number of urea groups is 1. The van der Waals surface area contributed by atoms with Gasteiger partial charge in [0.2, 0.25) is 5.95 Å². The molecule has 0 aromatic carbocycles. The predicted molar refractivity (Wildman–Crippen MR) is 111 cm³/mol. The minimum Gasteiger partial charge on any atom is -0.378 e. The Morgan fingerprint density at radius 2 is 1.86 bits per heavy atom. The molecule has 0 atom stereocenters. The van der Waals surface area contributed by atoms with Crippen molar-refractivity contribution in [3.05, 3.63) is 17.5 Å². The highest BCUT2D eigenvalue weighted by Gasteiger charge is 2.24. The Balaban J connectivity index is 1.87. The first-order chi connectivity index (χ1) is 14.0. The van der Waals surface area contributed by atoms with Crippen LogP contribution in [0.4, 0.5) is 16.6 Å². The largest absolute Gasteiger partial charge is 0.378 e. The average Bonchev–Trinajstić information content (AvgIpc) is 3.05. The molecule has 0 bridgehead atoms. The molecule has 3 amide bonds. The number of hydrogen-bond donors (Lipinski definition) is 2. The van der Waals surface area contributed by atoms with Crippen LogP contribution in [0.3, 0.4) is 0 Å². The number of morpholine rings is 1. The second kappa shape index (κ2) is 9.66. The summed E-state index contributed by atoms with van der Waals surface area (Å²) in [5.74, 6) is 0.903. The fraction of sp³-hybridized carbons (Fsp3) is 0.579. The van der Waals surface area contributed by atoms with Crippen LogP contribution >= 0.6 is 0 Å². The fourth-order valence-electron chi connectivity index (χ4n) is 3.20. The van der Waals surface area contributed by atoms with Crippen LogP contribution in [-0.2, 0) is 9.53 Å². The number of aromatic nitrogens is 2. The number of amides is 3. The van der Waals surface area contributed by atoms with E-state index in [-0.39, 0.29) is 5.70 Å². The fourth-order valence-corrected chi connectivity index (χ4v) is 3.20. The van der Waals surface area contributed by atoms with Crippen molar-refractivity contribution in [3.63, 3.8) is 0 Å². The number of rotatable bonds is 8. The van der Waals surface area contributed by atoms with E-state index < -0.39 is 11.9 Å². The van der Waals surface area contributed by atoms with Crippen LogP contribution in [0.5, 0.6) is 0 Å². The number of carbonyl (C=O) groups excluding carboxylic acids is 2. The first-order valence-electron chi connectivity index (χ1n) is 9.99. The molecule has 10 heteroatoms. The van der Waals surface area contributed by atoms with E-state index in [1.54, 1.807) is 6.08 Å². The molecule has 0 spiro atoms. The van der Waals surface area contributed by atoms with Gasteiger partial charge in [-0.2, -0.15) is 4.98 Å². The van der Waals surface area contributed by atoms with Crippen LogP contribution in [0.1, 0.15) is 19.5 Å². The highest BCUT2D eigenvalue weighted by Crippen LogP contribution is 2.20. The van der Waals surface area contributed by atoms with Gasteiger partial charge >= 0.3 is 6.03 Å². The molecule has 2 fully saturated rings. The van der Waals surface area contributed by atoms with E-state index in [4.69, 9.17) is 9.72 Å². The molecule has 3 heterocycles. The number of nitrogens with one attached hydrogen (secondary N) is 2. The molecular formula is C19H29N7O3. The van der Waals surface area contributed by atoms with E-state index in [1.165, 1.54) is 0 Å². The predicted octanol–water partition coefficient (Wildman–Crippen LogP) is 0.272. The molecule has 10 nitrogen and oxygen atoms in total. The van der Waals surface area contributed by atoms with Crippen LogP contribution in [0.25, 0.3) is 6.08 Å².